The average molecular weight is 262 g/mol. The van der Waals surface area contributed by atoms with Crippen LogP contribution in [-0.4, -0.2) is 54.7 Å². The van der Waals surface area contributed by atoms with Gasteiger partial charge in [0.05, 0.1) is 0 Å². The second kappa shape index (κ2) is 6.39. The van der Waals surface area contributed by atoms with Crippen molar-refractivity contribution in [3.63, 3.8) is 0 Å². The Kier molecular flexibility index (Phi) is 6.56. The Hall–Kier alpha value is 0.431. The smallest absolute Gasteiger partial charge is 0.448 e. The number of halogens is 3. The topological polar surface area (TPSA) is 40.6 Å². The molecule has 1 rings (SSSR count). The minimum Gasteiger partial charge on any atom is -0.448 e. The van der Waals surface area contributed by atoms with Crippen molar-refractivity contribution in [3.8, 4) is 0 Å². The molecule has 9 heteroatoms. The molecule has 0 unspecified atom stereocenters. The molecule has 2 amide bonds. The molecule has 1 aliphatic rings. The molecule has 0 radical (unpaired) electrons. The van der Waals surface area contributed by atoms with Gasteiger partial charge in [-0.1, -0.05) is 0 Å². The zero-order valence-corrected chi connectivity index (χ0v) is 12.4. The van der Waals surface area contributed by atoms with Gasteiger partial charge in [0.25, 0.3) is 0 Å². The first kappa shape index (κ1) is 16.4. The summed E-state index contributed by atoms with van der Waals surface area (Å²) in [6.45, 7) is -2.92. The van der Waals surface area contributed by atoms with E-state index in [1.165, 1.54) is 4.90 Å². The quantitative estimate of drug-likeness (QED) is 0.403. The second-order valence-corrected chi connectivity index (χ2v) is 3.35. The first-order valence-electron chi connectivity index (χ1n) is 4.64. The zero-order valence-electron chi connectivity index (χ0n) is 9.25. The SMILES string of the molecule is CCN1CCN(C[B-](F)(F)F)C(=O)C1=O.[K+]. The van der Waals surface area contributed by atoms with Crippen molar-refractivity contribution in [1.29, 1.82) is 0 Å². The molecular weight excluding hydrogens is 251 g/mol. The van der Waals surface area contributed by atoms with Crippen molar-refractivity contribution >= 4 is 18.8 Å². The summed E-state index contributed by atoms with van der Waals surface area (Å²) in [4.78, 5) is 24.2. The van der Waals surface area contributed by atoms with E-state index < -0.39 is 25.2 Å². The maximum absolute atomic E-state index is 12.1. The van der Waals surface area contributed by atoms with E-state index >= 15 is 0 Å². The van der Waals surface area contributed by atoms with Gasteiger partial charge in [0.2, 0.25) is 0 Å². The van der Waals surface area contributed by atoms with E-state index in [1.807, 2.05) is 0 Å². The fraction of sp³-hybridized carbons (Fsp3) is 0.714. The molecule has 0 bridgehead atoms. The van der Waals surface area contributed by atoms with E-state index in [9.17, 15) is 22.5 Å². The zero-order chi connectivity index (χ0) is 11.6. The number of carbonyl (C=O) groups excluding carboxylic acids is 2. The number of hydrogen-bond donors (Lipinski definition) is 0. The minimum atomic E-state index is -5.07. The van der Waals surface area contributed by atoms with Gasteiger partial charge < -0.3 is 22.7 Å². The summed E-state index contributed by atoms with van der Waals surface area (Å²) in [5.41, 5.74) is 0. The predicted octanol–water partition coefficient (Wildman–Crippen LogP) is -2.93. The molecule has 86 valence electrons. The third-order valence-electron chi connectivity index (χ3n) is 2.21. The molecule has 1 heterocycles. The van der Waals surface area contributed by atoms with Crippen LogP contribution in [0.4, 0.5) is 12.9 Å². The molecule has 16 heavy (non-hydrogen) atoms. The molecule has 0 aromatic heterocycles. The Balaban J connectivity index is 0.00000225. The summed E-state index contributed by atoms with van der Waals surface area (Å²) in [6, 6.07) is 0. The fourth-order valence-corrected chi connectivity index (χ4v) is 1.44. The Morgan fingerprint density at radius 1 is 1.12 bits per heavy atom. The van der Waals surface area contributed by atoms with Gasteiger partial charge in [-0.05, 0) is 13.4 Å². The molecule has 4 nitrogen and oxygen atoms in total. The number of carbonyl (C=O) groups is 2. The number of likely N-dealkylation sites (N-methyl/N-ethyl adjacent to an activating group) is 1. The molecule has 0 atom stereocenters. The van der Waals surface area contributed by atoms with E-state index in [-0.39, 0.29) is 64.5 Å². The van der Waals surface area contributed by atoms with Gasteiger partial charge in [-0.15, -0.1) is 0 Å². The summed E-state index contributed by atoms with van der Waals surface area (Å²) >= 11 is 0. The van der Waals surface area contributed by atoms with Crippen molar-refractivity contribution < 1.29 is 73.9 Å². The molecule has 1 fully saturated rings. The molecular formula is C7H11BF3KN2O2. The van der Waals surface area contributed by atoms with Crippen molar-refractivity contribution in [2.45, 2.75) is 6.92 Å². The molecule has 0 aromatic rings. The maximum atomic E-state index is 12.1. The summed E-state index contributed by atoms with van der Waals surface area (Å²) < 4.78 is 36.2. The second-order valence-electron chi connectivity index (χ2n) is 3.35. The standard InChI is InChI=1S/C7H11BF3N2O2.K/c1-2-12-3-4-13(5-8(9,10)11)7(15)6(12)14;/h2-5H2,1H3;/q-1;+1. The number of hydrogen-bond acceptors (Lipinski definition) is 2. The van der Waals surface area contributed by atoms with E-state index in [2.05, 4.69) is 0 Å². The first-order valence-corrected chi connectivity index (χ1v) is 4.64. The van der Waals surface area contributed by atoms with Gasteiger partial charge in [-0.2, -0.15) is 0 Å². The van der Waals surface area contributed by atoms with Crippen LogP contribution in [0.25, 0.3) is 0 Å². The van der Waals surface area contributed by atoms with Crippen LogP contribution >= 0.6 is 0 Å². The predicted molar refractivity (Wildman–Crippen MR) is 47.9 cm³/mol. The van der Waals surface area contributed by atoms with Crippen molar-refractivity contribution in [1.82, 2.24) is 9.80 Å². The summed E-state index contributed by atoms with van der Waals surface area (Å²) in [5, 5.41) is 0. The minimum absolute atomic E-state index is 0. The van der Waals surface area contributed by atoms with Crippen molar-refractivity contribution in [2.24, 2.45) is 0 Å². The Morgan fingerprint density at radius 3 is 2.00 bits per heavy atom. The average Bonchev–Trinajstić information content (AvgIpc) is 2.11. The van der Waals surface area contributed by atoms with Crippen LogP contribution in [0.5, 0.6) is 0 Å². The third kappa shape index (κ3) is 4.36. The van der Waals surface area contributed by atoms with Crippen LogP contribution in [0.1, 0.15) is 6.92 Å². The summed E-state index contributed by atoms with van der Waals surface area (Å²) in [7, 11) is 0. The number of rotatable bonds is 3. The molecule has 0 spiro atoms. The monoisotopic (exact) mass is 262 g/mol. The first-order chi connectivity index (χ1) is 6.85. The van der Waals surface area contributed by atoms with Crippen LogP contribution in [0.3, 0.4) is 0 Å². The molecule has 1 aliphatic heterocycles. The molecule has 0 aliphatic carbocycles. The van der Waals surface area contributed by atoms with Crippen LogP contribution in [-0.2, 0) is 9.59 Å². The fourth-order valence-electron chi connectivity index (χ4n) is 1.44. The normalized spacial score (nSPS) is 17.5. The van der Waals surface area contributed by atoms with Gasteiger partial charge in [-0.25, -0.2) is 0 Å². The van der Waals surface area contributed by atoms with Gasteiger partial charge in [0.15, 0.2) is 0 Å². The molecule has 0 aromatic carbocycles. The van der Waals surface area contributed by atoms with Gasteiger partial charge in [0, 0.05) is 19.6 Å². The van der Waals surface area contributed by atoms with Crippen LogP contribution < -0.4 is 51.4 Å². The van der Waals surface area contributed by atoms with Crippen molar-refractivity contribution in [3.05, 3.63) is 0 Å². The molecule has 1 saturated heterocycles. The van der Waals surface area contributed by atoms with E-state index in [1.54, 1.807) is 6.92 Å². The number of amides is 2. The Bertz CT molecular complexity index is 287. The van der Waals surface area contributed by atoms with E-state index in [4.69, 9.17) is 0 Å². The number of nitrogens with zero attached hydrogens (tertiary/aromatic N) is 2. The maximum Gasteiger partial charge on any atom is 1.00 e. The van der Waals surface area contributed by atoms with Crippen LogP contribution in [0.15, 0.2) is 0 Å². The van der Waals surface area contributed by atoms with Crippen molar-refractivity contribution in [2.75, 3.05) is 26.1 Å². The summed E-state index contributed by atoms with van der Waals surface area (Å²) in [6.07, 6.45) is -1.29. The number of piperazine rings is 1. The van der Waals surface area contributed by atoms with E-state index in [0.717, 1.165) is 0 Å². The molecule has 0 saturated carbocycles. The third-order valence-corrected chi connectivity index (χ3v) is 2.21. The molecule has 0 N–H and O–H groups in total. The summed E-state index contributed by atoms with van der Waals surface area (Å²) in [5.74, 6) is -1.90. The Labute approximate surface area is 134 Å². The van der Waals surface area contributed by atoms with Crippen LogP contribution in [0, 0.1) is 0 Å². The van der Waals surface area contributed by atoms with E-state index in [0.29, 0.717) is 11.4 Å². The largest absolute Gasteiger partial charge is 1.00 e. The van der Waals surface area contributed by atoms with Gasteiger partial charge in [0.1, 0.15) is 0 Å². The van der Waals surface area contributed by atoms with Gasteiger partial charge >= 0.3 is 70.2 Å². The van der Waals surface area contributed by atoms with Gasteiger partial charge in [-0.3, -0.25) is 9.59 Å². The Morgan fingerprint density at radius 2 is 1.56 bits per heavy atom. The van der Waals surface area contributed by atoms with Crippen LogP contribution in [0.2, 0.25) is 0 Å².